The minimum atomic E-state index is -0.291. The molecule has 0 atom stereocenters. The molecule has 0 radical (unpaired) electrons. The molecule has 6 nitrogen and oxygen atoms in total. The van der Waals surface area contributed by atoms with E-state index in [0.29, 0.717) is 11.4 Å². The molecule has 0 saturated carbocycles. The van der Waals surface area contributed by atoms with Crippen LogP contribution in [0.2, 0.25) is 0 Å². The number of carbonyl (C=O) groups is 1. The Labute approximate surface area is 109 Å². The van der Waals surface area contributed by atoms with Crippen LogP contribution in [0.5, 0.6) is 5.75 Å². The molecule has 1 aromatic heterocycles. The average molecular weight is 259 g/mol. The summed E-state index contributed by atoms with van der Waals surface area (Å²) in [4.78, 5) is 27.0. The van der Waals surface area contributed by atoms with Gasteiger partial charge >= 0.3 is 0 Å². The van der Waals surface area contributed by atoms with Crippen molar-refractivity contribution in [3.8, 4) is 5.75 Å². The number of nitrogens with zero attached hydrogens (tertiary/aromatic N) is 2. The van der Waals surface area contributed by atoms with Gasteiger partial charge in [0.25, 0.3) is 5.56 Å². The first kappa shape index (κ1) is 12.8. The lowest BCUT2D eigenvalue weighted by molar-refractivity contribution is -0.116. The van der Waals surface area contributed by atoms with Gasteiger partial charge in [-0.25, -0.2) is 4.98 Å². The molecule has 0 spiro atoms. The van der Waals surface area contributed by atoms with Crippen LogP contribution in [0.15, 0.2) is 47.7 Å². The first-order chi connectivity index (χ1) is 9.19. The lowest BCUT2D eigenvalue weighted by atomic mass is 10.3. The van der Waals surface area contributed by atoms with Crippen LogP contribution < -0.4 is 15.6 Å². The maximum atomic E-state index is 11.8. The number of ether oxygens (including phenoxy) is 1. The Balaban J connectivity index is 2.01. The minimum absolute atomic E-state index is 0.0707. The van der Waals surface area contributed by atoms with Gasteiger partial charge in [-0.05, 0) is 24.3 Å². The first-order valence-electron chi connectivity index (χ1n) is 5.63. The van der Waals surface area contributed by atoms with E-state index in [-0.39, 0.29) is 18.0 Å². The van der Waals surface area contributed by atoms with Crippen molar-refractivity contribution in [2.24, 2.45) is 0 Å². The van der Waals surface area contributed by atoms with Crippen LogP contribution in [0, 0.1) is 0 Å². The molecule has 0 fully saturated rings. The zero-order chi connectivity index (χ0) is 13.7. The maximum Gasteiger partial charge on any atom is 0.253 e. The number of hydrogen-bond acceptors (Lipinski definition) is 4. The summed E-state index contributed by atoms with van der Waals surface area (Å²) in [5.74, 6) is 0.418. The van der Waals surface area contributed by atoms with E-state index in [1.165, 1.54) is 23.2 Å². The fourth-order valence-corrected chi connectivity index (χ4v) is 1.53. The summed E-state index contributed by atoms with van der Waals surface area (Å²) in [5, 5.41) is 2.69. The van der Waals surface area contributed by atoms with Gasteiger partial charge in [-0.3, -0.25) is 14.2 Å². The van der Waals surface area contributed by atoms with E-state index in [2.05, 4.69) is 10.3 Å². The van der Waals surface area contributed by atoms with Crippen molar-refractivity contribution >= 4 is 11.6 Å². The molecule has 0 aliphatic carbocycles. The Hall–Kier alpha value is -2.63. The fraction of sp³-hybridized carbons (Fsp3) is 0.154. The van der Waals surface area contributed by atoms with Crippen LogP contribution in [0.25, 0.3) is 0 Å². The predicted molar refractivity (Wildman–Crippen MR) is 70.1 cm³/mol. The van der Waals surface area contributed by atoms with Crippen LogP contribution >= 0.6 is 0 Å². The molecule has 1 amide bonds. The molecule has 19 heavy (non-hydrogen) atoms. The number of aromatic nitrogens is 2. The van der Waals surface area contributed by atoms with Gasteiger partial charge in [0.15, 0.2) is 0 Å². The van der Waals surface area contributed by atoms with Gasteiger partial charge < -0.3 is 10.1 Å². The Morgan fingerprint density at radius 1 is 1.32 bits per heavy atom. The standard InChI is InChI=1S/C13H13N3O3/c1-19-11-4-2-10(3-5-11)15-12(17)8-16-9-14-7-6-13(16)18/h2-7,9H,8H2,1H3,(H,15,17). The van der Waals surface area contributed by atoms with E-state index in [1.54, 1.807) is 31.4 Å². The van der Waals surface area contributed by atoms with E-state index in [9.17, 15) is 9.59 Å². The number of carbonyl (C=O) groups excluding carboxylic acids is 1. The number of rotatable bonds is 4. The first-order valence-corrected chi connectivity index (χ1v) is 5.63. The number of anilines is 1. The van der Waals surface area contributed by atoms with Crippen molar-refractivity contribution < 1.29 is 9.53 Å². The Bertz CT molecular complexity index is 620. The highest BCUT2D eigenvalue weighted by molar-refractivity contribution is 5.90. The van der Waals surface area contributed by atoms with Crippen LogP contribution in [0.4, 0.5) is 5.69 Å². The van der Waals surface area contributed by atoms with E-state index in [0.717, 1.165) is 0 Å². The molecule has 0 aliphatic rings. The SMILES string of the molecule is COc1ccc(NC(=O)Cn2cnccc2=O)cc1. The molecule has 0 unspecified atom stereocenters. The molecule has 6 heteroatoms. The van der Waals surface area contributed by atoms with E-state index < -0.39 is 0 Å². The lowest BCUT2D eigenvalue weighted by Crippen LogP contribution is -2.26. The highest BCUT2D eigenvalue weighted by Crippen LogP contribution is 2.14. The predicted octanol–water partition coefficient (Wildman–Crippen LogP) is 0.891. The van der Waals surface area contributed by atoms with Gasteiger partial charge in [0.2, 0.25) is 5.91 Å². The Morgan fingerprint density at radius 2 is 2.05 bits per heavy atom. The number of methoxy groups -OCH3 is 1. The van der Waals surface area contributed by atoms with Gasteiger partial charge in [0.1, 0.15) is 12.3 Å². The summed E-state index contributed by atoms with van der Waals surface area (Å²) in [5.41, 5.74) is 0.377. The molecular formula is C13H13N3O3. The minimum Gasteiger partial charge on any atom is -0.497 e. The quantitative estimate of drug-likeness (QED) is 0.885. The second-order valence-corrected chi connectivity index (χ2v) is 3.82. The molecular weight excluding hydrogens is 246 g/mol. The third-order valence-corrected chi connectivity index (χ3v) is 2.48. The number of nitrogens with one attached hydrogen (secondary N) is 1. The average Bonchev–Trinajstić information content (AvgIpc) is 2.42. The number of benzene rings is 1. The molecule has 0 saturated heterocycles. The van der Waals surface area contributed by atoms with Gasteiger partial charge in [-0.15, -0.1) is 0 Å². The van der Waals surface area contributed by atoms with E-state index >= 15 is 0 Å². The highest BCUT2D eigenvalue weighted by atomic mass is 16.5. The van der Waals surface area contributed by atoms with Gasteiger partial charge in [0.05, 0.1) is 13.4 Å². The van der Waals surface area contributed by atoms with Gasteiger partial charge in [-0.1, -0.05) is 0 Å². The number of hydrogen-bond donors (Lipinski definition) is 1. The van der Waals surface area contributed by atoms with Crippen LogP contribution in [-0.4, -0.2) is 22.6 Å². The third-order valence-electron chi connectivity index (χ3n) is 2.48. The van der Waals surface area contributed by atoms with Crippen molar-refractivity contribution in [2.45, 2.75) is 6.54 Å². The summed E-state index contributed by atoms with van der Waals surface area (Å²) in [6.07, 6.45) is 2.72. The molecule has 0 aliphatic heterocycles. The lowest BCUT2D eigenvalue weighted by Gasteiger charge is -2.07. The monoisotopic (exact) mass is 259 g/mol. The van der Waals surface area contributed by atoms with Crippen molar-refractivity contribution in [3.63, 3.8) is 0 Å². The molecule has 1 aromatic carbocycles. The molecule has 98 valence electrons. The van der Waals surface area contributed by atoms with Crippen LogP contribution in [0.1, 0.15) is 0 Å². The van der Waals surface area contributed by atoms with Crippen molar-refractivity contribution in [1.82, 2.24) is 9.55 Å². The summed E-state index contributed by atoms with van der Waals surface area (Å²) >= 11 is 0. The normalized spacial score (nSPS) is 9.95. The Kier molecular flexibility index (Phi) is 3.92. The second kappa shape index (κ2) is 5.81. The molecule has 2 aromatic rings. The second-order valence-electron chi connectivity index (χ2n) is 3.82. The third kappa shape index (κ3) is 3.41. The summed E-state index contributed by atoms with van der Waals surface area (Å²) in [6, 6.07) is 8.24. The van der Waals surface area contributed by atoms with Gasteiger partial charge in [-0.2, -0.15) is 0 Å². The highest BCUT2D eigenvalue weighted by Gasteiger charge is 2.04. The maximum absolute atomic E-state index is 11.8. The van der Waals surface area contributed by atoms with Crippen molar-refractivity contribution in [1.29, 1.82) is 0 Å². The van der Waals surface area contributed by atoms with Gasteiger partial charge in [0, 0.05) is 18.0 Å². The summed E-state index contributed by atoms with van der Waals surface area (Å²) in [6.45, 7) is -0.0707. The zero-order valence-corrected chi connectivity index (χ0v) is 10.4. The molecule has 0 bridgehead atoms. The smallest absolute Gasteiger partial charge is 0.253 e. The fourth-order valence-electron chi connectivity index (χ4n) is 1.53. The zero-order valence-electron chi connectivity index (χ0n) is 10.4. The molecule has 1 N–H and O–H groups in total. The topological polar surface area (TPSA) is 73.2 Å². The summed E-state index contributed by atoms with van der Waals surface area (Å²) in [7, 11) is 1.57. The number of amides is 1. The molecule has 2 rings (SSSR count). The van der Waals surface area contributed by atoms with E-state index in [4.69, 9.17) is 4.74 Å². The van der Waals surface area contributed by atoms with Crippen molar-refractivity contribution in [2.75, 3.05) is 12.4 Å². The Morgan fingerprint density at radius 3 is 2.68 bits per heavy atom. The molecule has 1 heterocycles. The largest absolute Gasteiger partial charge is 0.497 e. The van der Waals surface area contributed by atoms with Crippen LogP contribution in [0.3, 0.4) is 0 Å². The summed E-state index contributed by atoms with van der Waals surface area (Å²) < 4.78 is 6.25. The van der Waals surface area contributed by atoms with E-state index in [1.807, 2.05) is 0 Å². The van der Waals surface area contributed by atoms with Crippen molar-refractivity contribution in [3.05, 3.63) is 53.2 Å². The van der Waals surface area contributed by atoms with Crippen LogP contribution in [-0.2, 0) is 11.3 Å².